The van der Waals surface area contributed by atoms with E-state index >= 15 is 0 Å². The standard InChI is InChI=1S/C16H19BrN2/c1-3-16(14-5-4-6-15(17)11-14)19-12(2)13-7-9-18-10-8-13/h4-12,16,19H,3H2,1-2H3. The van der Waals surface area contributed by atoms with Gasteiger partial charge in [0.2, 0.25) is 0 Å². The van der Waals surface area contributed by atoms with Crippen molar-refractivity contribution in [2.24, 2.45) is 0 Å². The van der Waals surface area contributed by atoms with Crippen LogP contribution in [-0.4, -0.2) is 4.98 Å². The molecule has 2 unspecified atom stereocenters. The van der Waals surface area contributed by atoms with E-state index in [2.05, 4.69) is 76.5 Å². The molecule has 1 aromatic carbocycles. The molecule has 1 aromatic heterocycles. The van der Waals surface area contributed by atoms with Gasteiger partial charge in [0.1, 0.15) is 0 Å². The summed E-state index contributed by atoms with van der Waals surface area (Å²) >= 11 is 3.53. The minimum Gasteiger partial charge on any atom is -0.303 e. The largest absolute Gasteiger partial charge is 0.303 e. The van der Waals surface area contributed by atoms with Crippen LogP contribution in [0.1, 0.15) is 43.5 Å². The number of rotatable bonds is 5. The first-order valence-corrected chi connectivity index (χ1v) is 7.41. The molecular formula is C16H19BrN2. The van der Waals surface area contributed by atoms with E-state index in [0.717, 1.165) is 10.9 Å². The number of benzene rings is 1. The van der Waals surface area contributed by atoms with Gasteiger partial charge < -0.3 is 5.32 Å². The molecule has 19 heavy (non-hydrogen) atoms. The van der Waals surface area contributed by atoms with Crippen LogP contribution in [0.15, 0.2) is 53.3 Å². The molecule has 0 bridgehead atoms. The van der Waals surface area contributed by atoms with Gasteiger partial charge >= 0.3 is 0 Å². The highest BCUT2D eigenvalue weighted by atomic mass is 79.9. The Labute approximate surface area is 123 Å². The molecule has 0 aliphatic rings. The van der Waals surface area contributed by atoms with Crippen molar-refractivity contribution in [1.29, 1.82) is 0 Å². The molecule has 0 spiro atoms. The van der Waals surface area contributed by atoms with E-state index in [1.807, 2.05) is 12.4 Å². The van der Waals surface area contributed by atoms with Gasteiger partial charge in [-0.3, -0.25) is 4.98 Å². The lowest BCUT2D eigenvalue weighted by Gasteiger charge is -2.23. The Balaban J connectivity index is 2.11. The van der Waals surface area contributed by atoms with Crippen molar-refractivity contribution >= 4 is 15.9 Å². The van der Waals surface area contributed by atoms with E-state index in [1.54, 1.807) is 0 Å². The summed E-state index contributed by atoms with van der Waals surface area (Å²) < 4.78 is 1.13. The van der Waals surface area contributed by atoms with Gasteiger partial charge in [-0.1, -0.05) is 35.0 Å². The highest BCUT2D eigenvalue weighted by molar-refractivity contribution is 9.10. The van der Waals surface area contributed by atoms with Crippen LogP contribution in [-0.2, 0) is 0 Å². The first-order chi connectivity index (χ1) is 9.20. The van der Waals surface area contributed by atoms with Gasteiger partial charge in [0.15, 0.2) is 0 Å². The quantitative estimate of drug-likeness (QED) is 0.868. The van der Waals surface area contributed by atoms with Gasteiger partial charge in [-0.15, -0.1) is 0 Å². The molecule has 2 nitrogen and oxygen atoms in total. The first kappa shape index (κ1) is 14.2. The Hall–Kier alpha value is -1.19. The lowest BCUT2D eigenvalue weighted by Crippen LogP contribution is -2.24. The fourth-order valence-electron chi connectivity index (χ4n) is 2.22. The van der Waals surface area contributed by atoms with E-state index in [1.165, 1.54) is 11.1 Å². The van der Waals surface area contributed by atoms with E-state index in [4.69, 9.17) is 0 Å². The number of hydrogen-bond donors (Lipinski definition) is 1. The lowest BCUT2D eigenvalue weighted by atomic mass is 10.0. The van der Waals surface area contributed by atoms with Gasteiger partial charge in [0.25, 0.3) is 0 Å². The van der Waals surface area contributed by atoms with E-state index < -0.39 is 0 Å². The van der Waals surface area contributed by atoms with Gasteiger partial charge in [-0.2, -0.15) is 0 Å². The summed E-state index contributed by atoms with van der Waals surface area (Å²) in [7, 11) is 0. The number of nitrogens with zero attached hydrogens (tertiary/aromatic N) is 1. The van der Waals surface area contributed by atoms with Crippen LogP contribution in [0.2, 0.25) is 0 Å². The highest BCUT2D eigenvalue weighted by Gasteiger charge is 2.13. The van der Waals surface area contributed by atoms with Crippen LogP contribution < -0.4 is 5.32 Å². The molecular weight excluding hydrogens is 300 g/mol. The Morgan fingerprint density at radius 2 is 1.89 bits per heavy atom. The van der Waals surface area contributed by atoms with Crippen LogP contribution in [0.4, 0.5) is 0 Å². The van der Waals surface area contributed by atoms with Crippen molar-refractivity contribution in [2.45, 2.75) is 32.4 Å². The summed E-state index contributed by atoms with van der Waals surface area (Å²) in [5.74, 6) is 0. The van der Waals surface area contributed by atoms with E-state index in [9.17, 15) is 0 Å². The summed E-state index contributed by atoms with van der Waals surface area (Å²) in [6.07, 6.45) is 4.74. The zero-order valence-electron chi connectivity index (χ0n) is 11.3. The average Bonchev–Trinajstić information content (AvgIpc) is 2.45. The van der Waals surface area contributed by atoms with Crippen molar-refractivity contribution in [3.05, 3.63) is 64.4 Å². The number of nitrogens with one attached hydrogen (secondary N) is 1. The van der Waals surface area contributed by atoms with Crippen molar-refractivity contribution in [1.82, 2.24) is 10.3 Å². The maximum absolute atomic E-state index is 4.06. The van der Waals surface area contributed by atoms with E-state index in [-0.39, 0.29) is 0 Å². The molecule has 3 heteroatoms. The molecule has 1 heterocycles. The number of halogens is 1. The van der Waals surface area contributed by atoms with Crippen LogP contribution in [0.3, 0.4) is 0 Å². The summed E-state index contributed by atoms with van der Waals surface area (Å²) in [6.45, 7) is 4.40. The van der Waals surface area contributed by atoms with E-state index in [0.29, 0.717) is 12.1 Å². The topological polar surface area (TPSA) is 24.9 Å². The Morgan fingerprint density at radius 1 is 1.16 bits per heavy atom. The summed E-state index contributed by atoms with van der Waals surface area (Å²) in [4.78, 5) is 4.06. The molecule has 0 saturated carbocycles. The summed E-state index contributed by atoms with van der Waals surface area (Å²) in [5, 5.41) is 3.68. The summed E-state index contributed by atoms with van der Waals surface area (Å²) in [6, 6.07) is 13.3. The number of pyridine rings is 1. The fraction of sp³-hybridized carbons (Fsp3) is 0.312. The SMILES string of the molecule is CCC(NC(C)c1ccncc1)c1cccc(Br)c1. The van der Waals surface area contributed by atoms with Crippen molar-refractivity contribution < 1.29 is 0 Å². The van der Waals surface area contributed by atoms with Crippen molar-refractivity contribution in [2.75, 3.05) is 0 Å². The van der Waals surface area contributed by atoms with Crippen molar-refractivity contribution in [3.8, 4) is 0 Å². The molecule has 2 rings (SSSR count). The maximum atomic E-state index is 4.06. The third-order valence-corrected chi connectivity index (χ3v) is 3.81. The van der Waals surface area contributed by atoms with Gasteiger partial charge in [0, 0.05) is 29.0 Å². The minimum atomic E-state index is 0.312. The molecule has 1 N–H and O–H groups in total. The predicted octanol–water partition coefficient (Wildman–Crippen LogP) is 4.65. The predicted molar refractivity (Wildman–Crippen MR) is 83.0 cm³/mol. The molecule has 0 aliphatic carbocycles. The zero-order valence-corrected chi connectivity index (χ0v) is 12.9. The van der Waals surface area contributed by atoms with Gasteiger partial charge in [-0.05, 0) is 48.7 Å². The van der Waals surface area contributed by atoms with Crippen LogP contribution in [0.5, 0.6) is 0 Å². The zero-order chi connectivity index (χ0) is 13.7. The highest BCUT2D eigenvalue weighted by Crippen LogP contribution is 2.24. The van der Waals surface area contributed by atoms with Crippen LogP contribution in [0, 0.1) is 0 Å². The smallest absolute Gasteiger partial charge is 0.0323 e. The molecule has 0 radical (unpaired) electrons. The Morgan fingerprint density at radius 3 is 2.53 bits per heavy atom. The second kappa shape index (κ2) is 6.83. The Kier molecular flexibility index (Phi) is 5.11. The average molecular weight is 319 g/mol. The Bertz CT molecular complexity index is 513. The fourth-order valence-corrected chi connectivity index (χ4v) is 2.64. The molecule has 2 atom stereocenters. The normalized spacial score (nSPS) is 14.1. The summed E-state index contributed by atoms with van der Waals surface area (Å²) in [5.41, 5.74) is 2.58. The third-order valence-electron chi connectivity index (χ3n) is 3.32. The molecule has 0 saturated heterocycles. The molecule has 0 amide bonds. The number of hydrogen-bond acceptors (Lipinski definition) is 2. The molecule has 100 valence electrons. The van der Waals surface area contributed by atoms with Crippen molar-refractivity contribution in [3.63, 3.8) is 0 Å². The number of aromatic nitrogens is 1. The van der Waals surface area contributed by atoms with Crippen LogP contribution >= 0.6 is 15.9 Å². The monoisotopic (exact) mass is 318 g/mol. The molecule has 0 aliphatic heterocycles. The minimum absolute atomic E-state index is 0.312. The van der Waals surface area contributed by atoms with Crippen LogP contribution in [0.25, 0.3) is 0 Å². The molecule has 2 aromatic rings. The third kappa shape index (κ3) is 3.88. The second-order valence-electron chi connectivity index (χ2n) is 4.68. The molecule has 0 fully saturated rings. The lowest BCUT2D eigenvalue weighted by molar-refractivity contribution is 0.456. The second-order valence-corrected chi connectivity index (χ2v) is 5.60. The van der Waals surface area contributed by atoms with Gasteiger partial charge in [-0.25, -0.2) is 0 Å². The van der Waals surface area contributed by atoms with Gasteiger partial charge in [0.05, 0.1) is 0 Å². The first-order valence-electron chi connectivity index (χ1n) is 6.62. The maximum Gasteiger partial charge on any atom is 0.0323 e.